The lowest BCUT2D eigenvalue weighted by molar-refractivity contribution is 0.0254. The Balaban J connectivity index is 1.93. The third-order valence-corrected chi connectivity index (χ3v) is 3.07. The van der Waals surface area contributed by atoms with E-state index in [4.69, 9.17) is 9.47 Å². The van der Waals surface area contributed by atoms with E-state index in [0.29, 0.717) is 23.5 Å². The molecular formula is C17H19FO3. The molecule has 0 fully saturated rings. The summed E-state index contributed by atoms with van der Waals surface area (Å²) in [5, 5.41) is 10.2. The van der Waals surface area contributed by atoms with Crippen LogP contribution < -0.4 is 4.74 Å². The van der Waals surface area contributed by atoms with Crippen LogP contribution in [-0.2, 0) is 11.3 Å². The van der Waals surface area contributed by atoms with Crippen LogP contribution in [0.3, 0.4) is 0 Å². The molecule has 2 rings (SSSR count). The fraction of sp³-hybridized carbons (Fsp3) is 0.294. The van der Waals surface area contributed by atoms with Gasteiger partial charge in [-0.2, -0.15) is 0 Å². The number of halogens is 1. The fourth-order valence-corrected chi connectivity index (χ4v) is 2.03. The van der Waals surface area contributed by atoms with Crippen molar-refractivity contribution < 1.29 is 19.0 Å². The summed E-state index contributed by atoms with van der Waals surface area (Å²) in [6.07, 6.45) is -0.806. The van der Waals surface area contributed by atoms with Crippen LogP contribution in [0.25, 0.3) is 0 Å². The number of para-hydroxylation sites is 1. The molecule has 0 amide bonds. The Hall–Kier alpha value is -1.91. The smallest absolute Gasteiger partial charge is 0.128 e. The summed E-state index contributed by atoms with van der Waals surface area (Å²) < 4.78 is 24.3. The standard InChI is InChI=1S/C17H19FO3/c1-2-21-17-10-6-4-8-14(17)16(19)12-20-11-13-7-3-5-9-15(13)18/h3-10,16,19H,2,11-12H2,1H3. The largest absolute Gasteiger partial charge is 0.493 e. The number of hydrogen-bond acceptors (Lipinski definition) is 3. The Morgan fingerprint density at radius 1 is 1.10 bits per heavy atom. The van der Waals surface area contributed by atoms with Crippen LogP contribution in [0.4, 0.5) is 4.39 Å². The Kier molecular flexibility index (Phi) is 5.72. The van der Waals surface area contributed by atoms with E-state index in [9.17, 15) is 9.50 Å². The summed E-state index contributed by atoms with van der Waals surface area (Å²) in [7, 11) is 0. The normalized spacial score (nSPS) is 12.1. The van der Waals surface area contributed by atoms with Crippen molar-refractivity contribution in [1.29, 1.82) is 0 Å². The first kappa shape index (κ1) is 15.5. The molecule has 0 saturated carbocycles. The molecule has 3 nitrogen and oxygen atoms in total. The van der Waals surface area contributed by atoms with Crippen LogP contribution in [0, 0.1) is 5.82 Å². The molecule has 0 radical (unpaired) electrons. The van der Waals surface area contributed by atoms with Crippen molar-refractivity contribution in [1.82, 2.24) is 0 Å². The van der Waals surface area contributed by atoms with Crippen LogP contribution in [0.5, 0.6) is 5.75 Å². The molecule has 0 aromatic heterocycles. The molecule has 1 atom stereocenters. The van der Waals surface area contributed by atoms with Gasteiger partial charge in [0.1, 0.15) is 17.7 Å². The van der Waals surface area contributed by atoms with Crippen molar-refractivity contribution in [2.75, 3.05) is 13.2 Å². The number of benzene rings is 2. The van der Waals surface area contributed by atoms with Crippen molar-refractivity contribution in [2.45, 2.75) is 19.6 Å². The lowest BCUT2D eigenvalue weighted by Crippen LogP contribution is -2.09. The van der Waals surface area contributed by atoms with E-state index >= 15 is 0 Å². The molecule has 1 unspecified atom stereocenters. The van der Waals surface area contributed by atoms with Crippen LogP contribution in [0.2, 0.25) is 0 Å². The van der Waals surface area contributed by atoms with Crippen LogP contribution in [0.15, 0.2) is 48.5 Å². The zero-order valence-corrected chi connectivity index (χ0v) is 12.0. The average Bonchev–Trinajstić information content (AvgIpc) is 2.50. The third-order valence-electron chi connectivity index (χ3n) is 3.07. The maximum absolute atomic E-state index is 13.4. The lowest BCUT2D eigenvalue weighted by Gasteiger charge is -2.16. The van der Waals surface area contributed by atoms with E-state index in [-0.39, 0.29) is 19.0 Å². The molecule has 0 saturated heterocycles. The molecular weight excluding hydrogens is 271 g/mol. The molecule has 0 aliphatic carbocycles. The number of rotatable bonds is 7. The minimum Gasteiger partial charge on any atom is -0.493 e. The van der Waals surface area contributed by atoms with E-state index in [1.807, 2.05) is 19.1 Å². The fourth-order valence-electron chi connectivity index (χ4n) is 2.03. The summed E-state index contributed by atoms with van der Waals surface area (Å²) in [4.78, 5) is 0. The highest BCUT2D eigenvalue weighted by atomic mass is 19.1. The summed E-state index contributed by atoms with van der Waals surface area (Å²) in [6.45, 7) is 2.62. The minimum atomic E-state index is -0.806. The maximum atomic E-state index is 13.4. The Labute approximate surface area is 124 Å². The van der Waals surface area contributed by atoms with Crippen molar-refractivity contribution in [3.63, 3.8) is 0 Å². The number of hydrogen-bond donors (Lipinski definition) is 1. The molecule has 2 aromatic carbocycles. The molecule has 0 aliphatic rings. The highest BCUT2D eigenvalue weighted by Gasteiger charge is 2.13. The molecule has 21 heavy (non-hydrogen) atoms. The molecule has 0 aliphatic heterocycles. The van der Waals surface area contributed by atoms with E-state index in [0.717, 1.165) is 0 Å². The van der Waals surface area contributed by atoms with Crippen LogP contribution in [-0.4, -0.2) is 18.3 Å². The van der Waals surface area contributed by atoms with Crippen LogP contribution in [0.1, 0.15) is 24.2 Å². The molecule has 0 heterocycles. The number of ether oxygens (including phenoxy) is 2. The summed E-state index contributed by atoms with van der Waals surface area (Å²) in [5.41, 5.74) is 1.15. The Morgan fingerprint density at radius 2 is 1.81 bits per heavy atom. The molecule has 112 valence electrons. The SMILES string of the molecule is CCOc1ccccc1C(O)COCc1ccccc1F. The van der Waals surface area contributed by atoms with E-state index in [1.165, 1.54) is 6.07 Å². The Morgan fingerprint density at radius 3 is 2.57 bits per heavy atom. The third kappa shape index (κ3) is 4.28. The van der Waals surface area contributed by atoms with E-state index in [1.54, 1.807) is 30.3 Å². The predicted molar refractivity (Wildman–Crippen MR) is 78.6 cm³/mol. The molecule has 4 heteroatoms. The quantitative estimate of drug-likeness (QED) is 0.848. The highest BCUT2D eigenvalue weighted by molar-refractivity contribution is 5.35. The van der Waals surface area contributed by atoms with Gasteiger partial charge in [0.05, 0.1) is 19.8 Å². The van der Waals surface area contributed by atoms with Gasteiger partial charge < -0.3 is 14.6 Å². The minimum absolute atomic E-state index is 0.0818. The predicted octanol–water partition coefficient (Wildman–Crippen LogP) is 3.47. The average molecular weight is 290 g/mol. The van der Waals surface area contributed by atoms with Gasteiger partial charge in [-0.1, -0.05) is 36.4 Å². The first-order valence-electron chi connectivity index (χ1n) is 6.93. The van der Waals surface area contributed by atoms with Crippen LogP contribution >= 0.6 is 0 Å². The Bertz CT molecular complexity index is 571. The van der Waals surface area contributed by atoms with Gasteiger partial charge in [-0.05, 0) is 19.1 Å². The first-order chi connectivity index (χ1) is 10.2. The van der Waals surface area contributed by atoms with Crippen molar-refractivity contribution in [3.8, 4) is 5.75 Å². The zero-order valence-electron chi connectivity index (χ0n) is 12.0. The van der Waals surface area contributed by atoms with Gasteiger partial charge in [-0.3, -0.25) is 0 Å². The second kappa shape index (κ2) is 7.76. The van der Waals surface area contributed by atoms with E-state index < -0.39 is 6.10 Å². The van der Waals surface area contributed by atoms with Gasteiger partial charge in [0.2, 0.25) is 0 Å². The van der Waals surface area contributed by atoms with Gasteiger partial charge in [0.25, 0.3) is 0 Å². The van der Waals surface area contributed by atoms with Crippen molar-refractivity contribution >= 4 is 0 Å². The molecule has 0 bridgehead atoms. The second-order valence-corrected chi connectivity index (χ2v) is 4.59. The summed E-state index contributed by atoms with van der Waals surface area (Å²) >= 11 is 0. The number of aliphatic hydroxyl groups is 1. The number of aliphatic hydroxyl groups excluding tert-OH is 1. The second-order valence-electron chi connectivity index (χ2n) is 4.59. The topological polar surface area (TPSA) is 38.7 Å². The van der Waals surface area contributed by atoms with E-state index in [2.05, 4.69) is 0 Å². The maximum Gasteiger partial charge on any atom is 0.128 e. The van der Waals surface area contributed by atoms with Gasteiger partial charge in [0.15, 0.2) is 0 Å². The first-order valence-corrected chi connectivity index (χ1v) is 6.93. The van der Waals surface area contributed by atoms with Gasteiger partial charge in [0, 0.05) is 11.1 Å². The lowest BCUT2D eigenvalue weighted by atomic mass is 10.1. The van der Waals surface area contributed by atoms with Crippen molar-refractivity contribution in [2.24, 2.45) is 0 Å². The molecule has 1 N–H and O–H groups in total. The van der Waals surface area contributed by atoms with Crippen molar-refractivity contribution in [3.05, 3.63) is 65.5 Å². The highest BCUT2D eigenvalue weighted by Crippen LogP contribution is 2.25. The van der Waals surface area contributed by atoms with Gasteiger partial charge in [-0.25, -0.2) is 4.39 Å². The summed E-state index contributed by atoms with van der Waals surface area (Å²) in [5.74, 6) is 0.337. The molecule has 0 spiro atoms. The molecule has 2 aromatic rings. The van der Waals surface area contributed by atoms with Gasteiger partial charge in [-0.15, -0.1) is 0 Å². The summed E-state index contributed by atoms with van der Waals surface area (Å²) in [6, 6.07) is 13.7. The van der Waals surface area contributed by atoms with Gasteiger partial charge >= 0.3 is 0 Å². The monoisotopic (exact) mass is 290 g/mol. The zero-order chi connectivity index (χ0) is 15.1.